The number of thioether (sulfide) groups is 1. The molecule has 0 heterocycles. The molecule has 0 aromatic heterocycles. The summed E-state index contributed by atoms with van der Waals surface area (Å²) in [7, 11) is 0. The van der Waals surface area contributed by atoms with Crippen LogP contribution in [-0.2, 0) is 0 Å². The highest BCUT2D eigenvalue weighted by Crippen LogP contribution is 2.25. The molecule has 13 heavy (non-hydrogen) atoms. The maximum absolute atomic E-state index is 9.99. The summed E-state index contributed by atoms with van der Waals surface area (Å²) >= 11 is 1.81. The molecule has 1 aliphatic rings. The fraction of sp³-hybridized carbons (Fsp3) is 0.818. The number of aliphatic hydroxyl groups excluding tert-OH is 1. The second-order valence-electron chi connectivity index (χ2n) is 3.90. The van der Waals surface area contributed by atoms with Gasteiger partial charge in [0.25, 0.3) is 0 Å². The lowest BCUT2D eigenvalue weighted by Gasteiger charge is -2.23. The Kier molecular flexibility index (Phi) is 4.89. The van der Waals surface area contributed by atoms with Gasteiger partial charge in [0, 0.05) is 0 Å². The molecule has 0 aromatic rings. The van der Waals surface area contributed by atoms with Crippen LogP contribution in [0.4, 0.5) is 0 Å². The summed E-state index contributed by atoms with van der Waals surface area (Å²) in [4.78, 5) is 0. The van der Waals surface area contributed by atoms with E-state index in [2.05, 4.69) is 19.3 Å². The first-order valence-corrected chi connectivity index (χ1v) is 6.51. The highest BCUT2D eigenvalue weighted by atomic mass is 32.2. The lowest BCUT2D eigenvalue weighted by Crippen LogP contribution is -2.23. The second-order valence-corrected chi connectivity index (χ2v) is 4.81. The van der Waals surface area contributed by atoms with Crippen molar-refractivity contribution in [3.05, 3.63) is 11.6 Å². The molecule has 0 saturated heterocycles. The van der Waals surface area contributed by atoms with E-state index in [4.69, 9.17) is 0 Å². The van der Waals surface area contributed by atoms with Crippen molar-refractivity contribution in [3.8, 4) is 0 Å². The first kappa shape index (κ1) is 11.1. The fourth-order valence-corrected chi connectivity index (χ4v) is 2.56. The number of allylic oxidation sites excluding steroid dienone is 1. The molecule has 0 unspecified atom stereocenters. The van der Waals surface area contributed by atoms with Crippen LogP contribution < -0.4 is 0 Å². The Labute approximate surface area is 85.6 Å². The summed E-state index contributed by atoms with van der Waals surface area (Å²) in [6.45, 7) is 2.14. The number of aliphatic hydroxyl groups is 1. The normalized spacial score (nSPS) is 22.2. The molecule has 0 amide bonds. The molecule has 0 saturated carbocycles. The maximum atomic E-state index is 9.99. The van der Waals surface area contributed by atoms with E-state index in [0.717, 1.165) is 12.2 Å². The Balaban J connectivity index is 2.44. The summed E-state index contributed by atoms with van der Waals surface area (Å²) in [5.41, 5.74) is 1.29. The minimum absolute atomic E-state index is 0.187. The Morgan fingerprint density at radius 1 is 1.54 bits per heavy atom. The average Bonchev–Trinajstić information content (AvgIpc) is 2.18. The van der Waals surface area contributed by atoms with Gasteiger partial charge < -0.3 is 5.11 Å². The third kappa shape index (κ3) is 3.35. The van der Waals surface area contributed by atoms with E-state index in [1.54, 1.807) is 0 Å². The summed E-state index contributed by atoms with van der Waals surface area (Å²) in [6.07, 6.45) is 8.98. The van der Waals surface area contributed by atoms with Crippen molar-refractivity contribution in [2.24, 2.45) is 5.92 Å². The van der Waals surface area contributed by atoms with Crippen LogP contribution in [-0.4, -0.2) is 23.2 Å². The van der Waals surface area contributed by atoms with Crippen molar-refractivity contribution in [1.29, 1.82) is 0 Å². The van der Waals surface area contributed by atoms with E-state index in [1.165, 1.54) is 24.8 Å². The molecular formula is C11H20OS. The molecule has 0 aliphatic heterocycles. The van der Waals surface area contributed by atoms with Gasteiger partial charge in [0.2, 0.25) is 0 Å². The number of rotatable bonds is 4. The average molecular weight is 200 g/mol. The monoisotopic (exact) mass is 200 g/mol. The molecule has 0 radical (unpaired) electrons. The zero-order valence-electron chi connectivity index (χ0n) is 8.62. The van der Waals surface area contributed by atoms with Crippen LogP contribution >= 0.6 is 11.8 Å². The summed E-state index contributed by atoms with van der Waals surface area (Å²) < 4.78 is 0. The standard InChI is InChI=1S/C11H20OS/c1-9(8-13-2)11(12)10-6-4-3-5-7-10/h6,9,11-12H,3-5,7-8H2,1-2H3/t9-,11-/m0/s1. The third-order valence-electron chi connectivity index (χ3n) is 2.67. The van der Waals surface area contributed by atoms with Crippen LogP contribution in [0.1, 0.15) is 32.6 Å². The predicted octanol–water partition coefficient (Wildman–Crippen LogP) is 2.85. The molecule has 2 atom stereocenters. The van der Waals surface area contributed by atoms with Gasteiger partial charge in [0.1, 0.15) is 0 Å². The highest BCUT2D eigenvalue weighted by molar-refractivity contribution is 7.98. The molecule has 1 rings (SSSR count). The van der Waals surface area contributed by atoms with E-state index >= 15 is 0 Å². The highest BCUT2D eigenvalue weighted by Gasteiger charge is 2.19. The Bertz CT molecular complexity index is 177. The molecule has 0 aromatic carbocycles. The summed E-state index contributed by atoms with van der Waals surface area (Å²) in [6, 6.07) is 0. The molecule has 2 heteroatoms. The SMILES string of the molecule is CSC[C@H](C)[C@H](O)C1=CCCCC1. The van der Waals surface area contributed by atoms with Crippen molar-refractivity contribution in [2.75, 3.05) is 12.0 Å². The number of hydrogen-bond donors (Lipinski definition) is 1. The van der Waals surface area contributed by atoms with Gasteiger partial charge in [-0.3, -0.25) is 0 Å². The summed E-state index contributed by atoms with van der Waals surface area (Å²) in [5, 5.41) is 9.99. The van der Waals surface area contributed by atoms with E-state index in [-0.39, 0.29) is 6.10 Å². The molecule has 1 N–H and O–H groups in total. The van der Waals surface area contributed by atoms with Gasteiger partial charge in [-0.2, -0.15) is 11.8 Å². The minimum atomic E-state index is -0.187. The minimum Gasteiger partial charge on any atom is -0.388 e. The summed E-state index contributed by atoms with van der Waals surface area (Å²) in [5.74, 6) is 1.46. The largest absolute Gasteiger partial charge is 0.388 e. The first-order chi connectivity index (χ1) is 6.25. The third-order valence-corrected chi connectivity index (χ3v) is 3.53. The van der Waals surface area contributed by atoms with Crippen LogP contribution in [0.15, 0.2) is 11.6 Å². The molecule has 1 nitrogen and oxygen atoms in total. The molecule has 76 valence electrons. The second kappa shape index (κ2) is 5.71. The van der Waals surface area contributed by atoms with E-state index < -0.39 is 0 Å². The molecule has 1 aliphatic carbocycles. The van der Waals surface area contributed by atoms with Crippen molar-refractivity contribution in [1.82, 2.24) is 0 Å². The Morgan fingerprint density at radius 2 is 2.31 bits per heavy atom. The van der Waals surface area contributed by atoms with E-state index in [1.807, 2.05) is 11.8 Å². The lowest BCUT2D eigenvalue weighted by atomic mass is 9.90. The van der Waals surface area contributed by atoms with E-state index in [0.29, 0.717) is 5.92 Å². The molecule has 0 spiro atoms. The van der Waals surface area contributed by atoms with Gasteiger partial charge in [0.05, 0.1) is 6.10 Å². The van der Waals surface area contributed by atoms with Crippen LogP contribution in [0.2, 0.25) is 0 Å². The Morgan fingerprint density at radius 3 is 2.85 bits per heavy atom. The zero-order chi connectivity index (χ0) is 9.68. The topological polar surface area (TPSA) is 20.2 Å². The predicted molar refractivity (Wildman–Crippen MR) is 60.1 cm³/mol. The Hall–Kier alpha value is 0.0500. The van der Waals surface area contributed by atoms with Gasteiger partial charge >= 0.3 is 0 Å². The zero-order valence-corrected chi connectivity index (χ0v) is 9.44. The molecule has 0 fully saturated rings. The van der Waals surface area contributed by atoms with Crippen molar-refractivity contribution >= 4 is 11.8 Å². The van der Waals surface area contributed by atoms with Gasteiger partial charge in [-0.25, -0.2) is 0 Å². The van der Waals surface area contributed by atoms with Gasteiger partial charge in [-0.05, 0) is 49.2 Å². The van der Waals surface area contributed by atoms with Crippen LogP contribution in [0.5, 0.6) is 0 Å². The van der Waals surface area contributed by atoms with Gasteiger partial charge in [0.15, 0.2) is 0 Å². The van der Waals surface area contributed by atoms with E-state index in [9.17, 15) is 5.11 Å². The van der Waals surface area contributed by atoms with Crippen molar-refractivity contribution in [3.63, 3.8) is 0 Å². The van der Waals surface area contributed by atoms with Gasteiger partial charge in [-0.1, -0.05) is 13.0 Å². The van der Waals surface area contributed by atoms with Crippen molar-refractivity contribution < 1.29 is 5.11 Å². The smallest absolute Gasteiger partial charge is 0.0783 e. The maximum Gasteiger partial charge on any atom is 0.0783 e. The van der Waals surface area contributed by atoms with Crippen LogP contribution in [0.3, 0.4) is 0 Å². The quantitative estimate of drug-likeness (QED) is 0.704. The lowest BCUT2D eigenvalue weighted by molar-refractivity contribution is 0.156. The molecular weight excluding hydrogens is 180 g/mol. The fourth-order valence-electron chi connectivity index (χ4n) is 1.85. The number of hydrogen-bond acceptors (Lipinski definition) is 2. The van der Waals surface area contributed by atoms with Crippen molar-refractivity contribution in [2.45, 2.75) is 38.7 Å². The van der Waals surface area contributed by atoms with Gasteiger partial charge in [-0.15, -0.1) is 0 Å². The van der Waals surface area contributed by atoms with Crippen LogP contribution in [0.25, 0.3) is 0 Å². The van der Waals surface area contributed by atoms with Crippen LogP contribution in [0, 0.1) is 5.92 Å². The first-order valence-electron chi connectivity index (χ1n) is 5.11. The molecule has 0 bridgehead atoms.